The first kappa shape index (κ1) is 14.9. The Balaban J connectivity index is 2.18. The zero-order valence-corrected chi connectivity index (χ0v) is 13.2. The smallest absolute Gasteiger partial charge is 0.113 e. The molecule has 0 saturated carbocycles. The van der Waals surface area contributed by atoms with Crippen LogP contribution >= 0.6 is 11.3 Å². The van der Waals surface area contributed by atoms with Crippen LogP contribution in [0.3, 0.4) is 0 Å². The molecule has 0 aliphatic carbocycles. The fourth-order valence-corrected chi connectivity index (χ4v) is 3.76. The van der Waals surface area contributed by atoms with Crippen LogP contribution in [0.25, 0.3) is 0 Å². The van der Waals surface area contributed by atoms with Crippen molar-refractivity contribution in [2.45, 2.75) is 38.3 Å². The normalized spacial score (nSPS) is 28.7. The van der Waals surface area contributed by atoms with Gasteiger partial charge in [0, 0.05) is 37.3 Å². The zero-order chi connectivity index (χ0) is 13.9. The van der Waals surface area contributed by atoms with E-state index in [4.69, 9.17) is 9.72 Å². The fourth-order valence-electron chi connectivity index (χ4n) is 2.75. The number of likely N-dealkylation sites (tertiary alicyclic amines) is 1. The second kappa shape index (κ2) is 6.31. The predicted molar refractivity (Wildman–Crippen MR) is 79.7 cm³/mol. The molecule has 0 bridgehead atoms. The number of thiazole rings is 1. The van der Waals surface area contributed by atoms with Crippen molar-refractivity contribution in [2.75, 3.05) is 33.9 Å². The van der Waals surface area contributed by atoms with Crippen LogP contribution in [0.5, 0.6) is 0 Å². The molecule has 1 aromatic rings. The molecule has 0 radical (unpaired) electrons. The first-order chi connectivity index (χ1) is 9.07. The fraction of sp³-hybridized carbons (Fsp3) is 0.786. The average Bonchev–Trinajstić information content (AvgIpc) is 2.81. The maximum Gasteiger partial charge on any atom is 0.113 e. The lowest BCUT2D eigenvalue weighted by atomic mass is 9.84. The SMILES string of the molecule is COCCNC1(c2nc(C)cs2)CCN(C)C(C)C1. The minimum Gasteiger partial charge on any atom is -0.383 e. The number of aromatic nitrogens is 1. The quantitative estimate of drug-likeness (QED) is 0.839. The van der Waals surface area contributed by atoms with Gasteiger partial charge in [-0.3, -0.25) is 0 Å². The number of nitrogens with one attached hydrogen (secondary N) is 1. The van der Waals surface area contributed by atoms with Gasteiger partial charge < -0.3 is 15.0 Å². The summed E-state index contributed by atoms with van der Waals surface area (Å²) >= 11 is 1.78. The molecular weight excluding hydrogens is 258 g/mol. The van der Waals surface area contributed by atoms with E-state index in [1.54, 1.807) is 18.4 Å². The van der Waals surface area contributed by atoms with E-state index in [1.807, 2.05) is 0 Å². The van der Waals surface area contributed by atoms with Gasteiger partial charge in [0.2, 0.25) is 0 Å². The lowest BCUT2D eigenvalue weighted by Gasteiger charge is -2.44. The topological polar surface area (TPSA) is 37.4 Å². The number of nitrogens with zero attached hydrogens (tertiary/aromatic N) is 2. The highest BCUT2D eigenvalue weighted by atomic mass is 32.1. The molecular formula is C14H25N3OS. The van der Waals surface area contributed by atoms with Gasteiger partial charge in [-0.25, -0.2) is 4.98 Å². The molecule has 1 aliphatic heterocycles. The summed E-state index contributed by atoms with van der Waals surface area (Å²) in [5.74, 6) is 0. The van der Waals surface area contributed by atoms with Crippen molar-refractivity contribution in [3.63, 3.8) is 0 Å². The van der Waals surface area contributed by atoms with Gasteiger partial charge in [0.1, 0.15) is 5.01 Å². The van der Waals surface area contributed by atoms with E-state index in [0.717, 1.165) is 38.2 Å². The Morgan fingerprint density at radius 3 is 3.00 bits per heavy atom. The van der Waals surface area contributed by atoms with Crippen molar-refractivity contribution in [1.82, 2.24) is 15.2 Å². The molecule has 1 saturated heterocycles. The molecule has 2 heterocycles. The van der Waals surface area contributed by atoms with Crippen LogP contribution in [-0.2, 0) is 10.3 Å². The standard InChI is InChI=1S/C14H25N3OS/c1-11-10-19-13(16-11)14(15-6-8-18-4)5-7-17(3)12(2)9-14/h10,12,15H,5-9H2,1-4H3. The third-order valence-corrected chi connectivity index (χ3v) is 5.25. The van der Waals surface area contributed by atoms with Gasteiger partial charge in [-0.2, -0.15) is 0 Å². The number of methoxy groups -OCH3 is 1. The molecule has 108 valence electrons. The third kappa shape index (κ3) is 3.34. The molecule has 4 nitrogen and oxygen atoms in total. The summed E-state index contributed by atoms with van der Waals surface area (Å²) in [4.78, 5) is 7.17. The summed E-state index contributed by atoms with van der Waals surface area (Å²) in [6.45, 7) is 7.11. The van der Waals surface area contributed by atoms with E-state index >= 15 is 0 Å². The largest absolute Gasteiger partial charge is 0.383 e. The van der Waals surface area contributed by atoms with E-state index < -0.39 is 0 Å². The Morgan fingerprint density at radius 2 is 2.42 bits per heavy atom. The van der Waals surface area contributed by atoms with E-state index in [-0.39, 0.29) is 5.54 Å². The second-order valence-corrected chi connectivity index (χ2v) is 6.44. The van der Waals surface area contributed by atoms with Crippen LogP contribution < -0.4 is 5.32 Å². The molecule has 1 fully saturated rings. The number of piperidine rings is 1. The summed E-state index contributed by atoms with van der Waals surface area (Å²) in [7, 11) is 3.95. The molecule has 1 aromatic heterocycles. The van der Waals surface area contributed by atoms with Crippen molar-refractivity contribution >= 4 is 11.3 Å². The Bertz CT molecular complexity index is 409. The Kier molecular flexibility index (Phi) is 4.95. The van der Waals surface area contributed by atoms with E-state index in [0.29, 0.717) is 6.04 Å². The molecule has 1 N–H and O–H groups in total. The summed E-state index contributed by atoms with van der Waals surface area (Å²) in [5, 5.41) is 7.10. The van der Waals surface area contributed by atoms with Gasteiger partial charge >= 0.3 is 0 Å². The van der Waals surface area contributed by atoms with Crippen LogP contribution in [0, 0.1) is 6.92 Å². The lowest BCUT2D eigenvalue weighted by Crippen LogP contribution is -2.54. The molecule has 2 atom stereocenters. The minimum absolute atomic E-state index is 0.0311. The Hall–Kier alpha value is -0.490. The molecule has 2 unspecified atom stereocenters. The number of hydrogen-bond acceptors (Lipinski definition) is 5. The predicted octanol–water partition coefficient (Wildman–Crippen LogP) is 2.00. The van der Waals surface area contributed by atoms with Crippen LogP contribution in [0.1, 0.15) is 30.5 Å². The van der Waals surface area contributed by atoms with Crippen LogP contribution in [0.4, 0.5) is 0 Å². The third-order valence-electron chi connectivity index (χ3n) is 4.09. The maximum absolute atomic E-state index is 5.18. The van der Waals surface area contributed by atoms with Gasteiger partial charge in [-0.05, 0) is 33.7 Å². The summed E-state index contributed by atoms with van der Waals surface area (Å²) in [6, 6.07) is 0.577. The number of aryl methyl sites for hydroxylation is 1. The minimum atomic E-state index is 0.0311. The van der Waals surface area contributed by atoms with Gasteiger partial charge in [0.15, 0.2) is 0 Å². The first-order valence-electron chi connectivity index (χ1n) is 6.94. The molecule has 0 spiro atoms. The number of rotatable bonds is 5. The van der Waals surface area contributed by atoms with Crippen molar-refractivity contribution in [3.05, 3.63) is 16.1 Å². The average molecular weight is 283 g/mol. The second-order valence-electron chi connectivity index (χ2n) is 5.58. The Labute approximate surface area is 120 Å². The molecule has 19 heavy (non-hydrogen) atoms. The first-order valence-corrected chi connectivity index (χ1v) is 7.82. The molecule has 1 aliphatic rings. The zero-order valence-electron chi connectivity index (χ0n) is 12.4. The summed E-state index contributed by atoms with van der Waals surface area (Å²) < 4.78 is 5.18. The molecule has 2 rings (SSSR count). The summed E-state index contributed by atoms with van der Waals surface area (Å²) in [6.07, 6.45) is 2.23. The van der Waals surface area contributed by atoms with Gasteiger partial charge in [0.05, 0.1) is 12.1 Å². The Morgan fingerprint density at radius 1 is 1.63 bits per heavy atom. The van der Waals surface area contributed by atoms with Crippen molar-refractivity contribution in [2.24, 2.45) is 0 Å². The van der Waals surface area contributed by atoms with Gasteiger partial charge in [-0.1, -0.05) is 0 Å². The maximum atomic E-state index is 5.18. The van der Waals surface area contributed by atoms with E-state index in [1.165, 1.54) is 5.01 Å². The van der Waals surface area contributed by atoms with Crippen molar-refractivity contribution in [1.29, 1.82) is 0 Å². The molecule has 5 heteroatoms. The van der Waals surface area contributed by atoms with E-state index in [2.05, 4.69) is 36.5 Å². The van der Waals surface area contributed by atoms with Gasteiger partial charge in [-0.15, -0.1) is 11.3 Å². The van der Waals surface area contributed by atoms with Crippen molar-refractivity contribution < 1.29 is 4.74 Å². The van der Waals surface area contributed by atoms with Crippen molar-refractivity contribution in [3.8, 4) is 0 Å². The van der Waals surface area contributed by atoms with Gasteiger partial charge in [0.25, 0.3) is 0 Å². The highest BCUT2D eigenvalue weighted by Gasteiger charge is 2.40. The lowest BCUT2D eigenvalue weighted by molar-refractivity contribution is 0.0960. The number of hydrogen-bond donors (Lipinski definition) is 1. The van der Waals surface area contributed by atoms with Crippen LogP contribution in [0.15, 0.2) is 5.38 Å². The monoisotopic (exact) mass is 283 g/mol. The molecule has 0 amide bonds. The van der Waals surface area contributed by atoms with Crippen LogP contribution in [-0.4, -0.2) is 49.8 Å². The summed E-state index contributed by atoms with van der Waals surface area (Å²) in [5.41, 5.74) is 1.16. The highest BCUT2D eigenvalue weighted by molar-refractivity contribution is 7.09. The van der Waals surface area contributed by atoms with Crippen LogP contribution in [0.2, 0.25) is 0 Å². The molecule has 0 aromatic carbocycles. The highest BCUT2D eigenvalue weighted by Crippen LogP contribution is 2.36. The van der Waals surface area contributed by atoms with E-state index in [9.17, 15) is 0 Å². The number of ether oxygens (including phenoxy) is 1.